The number of nitrogens with zero attached hydrogens (tertiary/aromatic N) is 2. The number of hydrogen-bond donors (Lipinski definition) is 3. The third-order valence-corrected chi connectivity index (χ3v) is 5.76. The Morgan fingerprint density at radius 1 is 1.10 bits per heavy atom. The summed E-state index contributed by atoms with van der Waals surface area (Å²) in [5, 5.41) is 11.7. The molecule has 8 heteroatoms. The fourth-order valence-electron chi connectivity index (χ4n) is 3.24. The van der Waals surface area contributed by atoms with Gasteiger partial charge in [0, 0.05) is 50.2 Å². The second-order valence-electron chi connectivity index (χ2n) is 6.68. The van der Waals surface area contributed by atoms with Crippen molar-refractivity contribution in [3.8, 4) is 0 Å². The number of aliphatic imine (C=N–C) groups is 1. The first-order valence-corrected chi connectivity index (χ1v) is 10.8. The molecule has 1 fully saturated rings. The summed E-state index contributed by atoms with van der Waals surface area (Å²) in [5.74, 6) is 0.661. The molecule has 1 amide bonds. The van der Waals surface area contributed by atoms with Crippen molar-refractivity contribution in [2.75, 3.05) is 53.0 Å². The van der Waals surface area contributed by atoms with Crippen LogP contribution in [0.3, 0.4) is 0 Å². The number of nitrogens with one attached hydrogen (secondary N) is 3. The number of morpholine rings is 1. The summed E-state index contributed by atoms with van der Waals surface area (Å²) >= 11 is 1.78. The third-order valence-electron chi connectivity index (χ3n) is 4.78. The number of rotatable bonds is 8. The van der Waals surface area contributed by atoms with Gasteiger partial charge < -0.3 is 20.7 Å². The summed E-state index contributed by atoms with van der Waals surface area (Å²) in [7, 11) is 1.76. The number of carbonyl (C=O) groups excluding carboxylic acids is 1. The molecule has 2 aromatic rings. The van der Waals surface area contributed by atoms with Crippen LogP contribution in [0, 0.1) is 0 Å². The highest BCUT2D eigenvalue weighted by Crippen LogP contribution is 2.25. The average molecular weight is 416 g/mol. The lowest BCUT2D eigenvalue weighted by Crippen LogP contribution is -2.47. The molecular weight excluding hydrogens is 386 g/mol. The molecule has 156 valence electrons. The molecule has 2 heterocycles. The van der Waals surface area contributed by atoms with Crippen LogP contribution < -0.4 is 16.0 Å². The Balaban J connectivity index is 1.44. The first kappa shape index (κ1) is 21.3. The summed E-state index contributed by atoms with van der Waals surface area (Å²) in [5.41, 5.74) is 0.666. The Hall–Kier alpha value is -2.42. The molecule has 1 saturated heterocycles. The Labute approximate surface area is 176 Å². The van der Waals surface area contributed by atoms with E-state index in [9.17, 15) is 4.79 Å². The molecule has 0 bridgehead atoms. The van der Waals surface area contributed by atoms with E-state index in [1.165, 1.54) is 4.88 Å². The second kappa shape index (κ2) is 11.5. The second-order valence-corrected chi connectivity index (χ2v) is 7.66. The third kappa shape index (κ3) is 6.56. The minimum Gasteiger partial charge on any atom is -0.379 e. The van der Waals surface area contributed by atoms with Gasteiger partial charge in [0.25, 0.3) is 5.91 Å². The van der Waals surface area contributed by atoms with Crippen molar-refractivity contribution in [1.29, 1.82) is 0 Å². The Bertz CT molecular complexity index is 761. The molecular formula is C21H29N5O2S. The Morgan fingerprint density at radius 3 is 2.55 bits per heavy atom. The maximum Gasteiger partial charge on any atom is 0.251 e. The van der Waals surface area contributed by atoms with Crippen LogP contribution in [0.4, 0.5) is 0 Å². The molecule has 1 atom stereocenters. The molecule has 0 radical (unpaired) electrons. The topological polar surface area (TPSA) is 78.0 Å². The number of benzene rings is 1. The minimum atomic E-state index is -0.0691. The average Bonchev–Trinajstić information content (AvgIpc) is 3.31. The van der Waals surface area contributed by atoms with Gasteiger partial charge in [0.2, 0.25) is 0 Å². The van der Waals surface area contributed by atoms with Crippen LogP contribution in [0.25, 0.3) is 0 Å². The molecule has 1 aromatic heterocycles. The maximum absolute atomic E-state index is 12.1. The number of hydrogen-bond acceptors (Lipinski definition) is 5. The molecule has 7 nitrogen and oxygen atoms in total. The molecule has 0 aliphatic carbocycles. The molecule has 3 N–H and O–H groups in total. The van der Waals surface area contributed by atoms with Crippen LogP contribution in [0.15, 0.2) is 52.8 Å². The summed E-state index contributed by atoms with van der Waals surface area (Å²) in [4.78, 5) is 20.2. The van der Waals surface area contributed by atoms with Gasteiger partial charge in [-0.15, -0.1) is 11.3 Å². The lowest BCUT2D eigenvalue weighted by atomic mass is 10.2. The molecule has 1 aliphatic rings. The van der Waals surface area contributed by atoms with Gasteiger partial charge in [-0.1, -0.05) is 24.3 Å². The fraction of sp³-hybridized carbons (Fsp3) is 0.429. The summed E-state index contributed by atoms with van der Waals surface area (Å²) in [6.07, 6.45) is 0. The predicted octanol–water partition coefficient (Wildman–Crippen LogP) is 1.72. The van der Waals surface area contributed by atoms with E-state index in [0.29, 0.717) is 18.7 Å². The van der Waals surface area contributed by atoms with Crippen molar-refractivity contribution >= 4 is 23.2 Å². The number of carbonyl (C=O) groups is 1. The van der Waals surface area contributed by atoms with Gasteiger partial charge >= 0.3 is 0 Å². The van der Waals surface area contributed by atoms with Crippen molar-refractivity contribution in [3.63, 3.8) is 0 Å². The van der Waals surface area contributed by atoms with E-state index >= 15 is 0 Å². The molecule has 1 unspecified atom stereocenters. The zero-order valence-corrected chi connectivity index (χ0v) is 17.6. The summed E-state index contributed by atoms with van der Waals surface area (Å²) in [6.45, 7) is 5.29. The smallest absolute Gasteiger partial charge is 0.251 e. The Morgan fingerprint density at radius 2 is 1.86 bits per heavy atom. The lowest BCUT2D eigenvalue weighted by Gasteiger charge is -2.34. The zero-order valence-electron chi connectivity index (χ0n) is 16.8. The molecule has 0 spiro atoms. The van der Waals surface area contributed by atoms with Crippen molar-refractivity contribution in [1.82, 2.24) is 20.9 Å². The fourth-order valence-corrected chi connectivity index (χ4v) is 4.10. The number of amides is 1. The molecule has 29 heavy (non-hydrogen) atoms. The SMILES string of the molecule is CN=C(NCCNC(=O)c1ccccc1)NCC(c1cccs1)N1CCOCC1. The van der Waals surface area contributed by atoms with Gasteiger partial charge in [0.05, 0.1) is 19.3 Å². The molecule has 0 saturated carbocycles. The van der Waals surface area contributed by atoms with E-state index in [-0.39, 0.29) is 11.9 Å². The number of thiophene rings is 1. The van der Waals surface area contributed by atoms with Crippen LogP contribution in [-0.4, -0.2) is 69.8 Å². The van der Waals surface area contributed by atoms with Crippen molar-refractivity contribution in [2.45, 2.75) is 6.04 Å². The van der Waals surface area contributed by atoms with Gasteiger partial charge in [-0.3, -0.25) is 14.7 Å². The maximum atomic E-state index is 12.1. The van der Waals surface area contributed by atoms with Gasteiger partial charge in [-0.2, -0.15) is 0 Å². The van der Waals surface area contributed by atoms with Gasteiger partial charge in [-0.05, 0) is 23.6 Å². The van der Waals surface area contributed by atoms with Crippen molar-refractivity contribution in [3.05, 3.63) is 58.3 Å². The van der Waals surface area contributed by atoms with E-state index < -0.39 is 0 Å². The monoisotopic (exact) mass is 415 g/mol. The van der Waals surface area contributed by atoms with Crippen LogP contribution in [0.1, 0.15) is 21.3 Å². The van der Waals surface area contributed by atoms with E-state index in [4.69, 9.17) is 4.74 Å². The van der Waals surface area contributed by atoms with Crippen LogP contribution in [0.5, 0.6) is 0 Å². The summed E-state index contributed by atoms with van der Waals surface area (Å²) in [6, 6.07) is 13.8. The molecule has 3 rings (SSSR count). The van der Waals surface area contributed by atoms with E-state index in [0.717, 1.165) is 38.8 Å². The predicted molar refractivity (Wildman–Crippen MR) is 118 cm³/mol. The van der Waals surface area contributed by atoms with E-state index in [1.54, 1.807) is 30.5 Å². The van der Waals surface area contributed by atoms with Crippen LogP contribution >= 0.6 is 11.3 Å². The minimum absolute atomic E-state index is 0.0691. The largest absolute Gasteiger partial charge is 0.379 e. The number of guanidine groups is 1. The standard InChI is InChI=1S/C21H29N5O2S/c1-22-21(24-10-9-23-20(27)17-6-3-2-4-7-17)25-16-18(19-8-5-15-29-19)26-11-13-28-14-12-26/h2-8,15,18H,9-14,16H2,1H3,(H,23,27)(H2,22,24,25). The van der Waals surface area contributed by atoms with Crippen LogP contribution in [0.2, 0.25) is 0 Å². The zero-order chi connectivity index (χ0) is 20.3. The van der Waals surface area contributed by atoms with Crippen LogP contribution in [-0.2, 0) is 4.74 Å². The highest BCUT2D eigenvalue weighted by Gasteiger charge is 2.23. The van der Waals surface area contributed by atoms with E-state index in [2.05, 4.69) is 43.4 Å². The van der Waals surface area contributed by atoms with Gasteiger partial charge in [-0.25, -0.2) is 0 Å². The first-order valence-electron chi connectivity index (χ1n) is 9.91. The Kier molecular flexibility index (Phi) is 8.48. The molecule has 1 aromatic carbocycles. The summed E-state index contributed by atoms with van der Waals surface area (Å²) < 4.78 is 5.50. The van der Waals surface area contributed by atoms with E-state index in [1.807, 2.05) is 18.2 Å². The quantitative estimate of drug-likeness (QED) is 0.348. The van der Waals surface area contributed by atoms with Crippen molar-refractivity contribution in [2.24, 2.45) is 4.99 Å². The van der Waals surface area contributed by atoms with Crippen molar-refractivity contribution < 1.29 is 9.53 Å². The highest BCUT2D eigenvalue weighted by molar-refractivity contribution is 7.10. The normalized spacial score (nSPS) is 16.2. The highest BCUT2D eigenvalue weighted by atomic mass is 32.1. The molecule has 1 aliphatic heterocycles. The first-order chi connectivity index (χ1) is 14.3. The van der Waals surface area contributed by atoms with Gasteiger partial charge in [0.1, 0.15) is 0 Å². The number of ether oxygens (including phenoxy) is 1. The van der Waals surface area contributed by atoms with Gasteiger partial charge in [0.15, 0.2) is 5.96 Å². The lowest BCUT2D eigenvalue weighted by molar-refractivity contribution is 0.0177.